The lowest BCUT2D eigenvalue weighted by Crippen LogP contribution is -2.53. The van der Waals surface area contributed by atoms with Gasteiger partial charge in [0.2, 0.25) is 0 Å². The molecule has 1 fully saturated rings. The molecule has 0 bridgehead atoms. The highest BCUT2D eigenvalue weighted by atomic mass is 35.5. The molecule has 2 rings (SSSR count). The second-order valence-electron chi connectivity index (χ2n) is 5.73. The summed E-state index contributed by atoms with van der Waals surface area (Å²) >= 11 is 6.41. The molecule has 1 aromatic rings. The molecule has 3 nitrogen and oxygen atoms in total. The Morgan fingerprint density at radius 2 is 2.10 bits per heavy atom. The second-order valence-corrected chi connectivity index (χ2v) is 6.14. The van der Waals surface area contributed by atoms with Crippen molar-refractivity contribution in [3.63, 3.8) is 0 Å². The van der Waals surface area contributed by atoms with Gasteiger partial charge < -0.3 is 10.5 Å². The van der Waals surface area contributed by atoms with Gasteiger partial charge in [0, 0.05) is 23.7 Å². The molecule has 1 aromatic carbocycles. The lowest BCUT2D eigenvalue weighted by Gasteiger charge is -2.44. The van der Waals surface area contributed by atoms with Crippen molar-refractivity contribution in [3.05, 3.63) is 34.9 Å². The Hall–Kier alpha value is -0.610. The third-order valence-corrected chi connectivity index (χ3v) is 4.46. The van der Waals surface area contributed by atoms with Crippen LogP contribution in [0.25, 0.3) is 0 Å². The molecular weight excluding hydrogens is 272 g/mol. The van der Waals surface area contributed by atoms with Gasteiger partial charge in [-0.05, 0) is 31.9 Å². The first kappa shape index (κ1) is 15.8. The SMILES string of the molecule is CCC(N)C(c1ccccc1Cl)N1CC(C)OCC1C. The van der Waals surface area contributed by atoms with Crippen molar-refractivity contribution in [1.82, 2.24) is 4.90 Å². The molecule has 1 saturated heterocycles. The quantitative estimate of drug-likeness (QED) is 0.927. The fourth-order valence-electron chi connectivity index (χ4n) is 2.91. The molecule has 0 aromatic heterocycles. The summed E-state index contributed by atoms with van der Waals surface area (Å²) in [5, 5.41) is 0.799. The number of nitrogens with two attached hydrogens (primary N) is 1. The highest BCUT2D eigenvalue weighted by molar-refractivity contribution is 6.31. The Balaban J connectivity index is 2.35. The molecule has 112 valence electrons. The molecule has 0 radical (unpaired) electrons. The van der Waals surface area contributed by atoms with Crippen molar-refractivity contribution in [1.29, 1.82) is 0 Å². The molecule has 0 amide bonds. The standard InChI is InChI=1S/C16H25ClN2O/c1-4-15(18)16(13-7-5-6-8-14(13)17)19-9-12(3)20-10-11(19)2/h5-8,11-12,15-16H,4,9-10,18H2,1-3H3. The van der Waals surface area contributed by atoms with Crippen LogP contribution in [0.3, 0.4) is 0 Å². The van der Waals surface area contributed by atoms with Gasteiger partial charge in [-0.15, -0.1) is 0 Å². The molecule has 20 heavy (non-hydrogen) atoms. The molecule has 0 spiro atoms. The van der Waals surface area contributed by atoms with Gasteiger partial charge in [0.1, 0.15) is 0 Å². The Kier molecular flexibility index (Phi) is 5.44. The molecule has 1 heterocycles. The minimum atomic E-state index is 0.0719. The average Bonchev–Trinajstić information content (AvgIpc) is 2.44. The molecule has 0 saturated carbocycles. The van der Waals surface area contributed by atoms with E-state index in [9.17, 15) is 0 Å². The van der Waals surface area contributed by atoms with Crippen LogP contribution in [0.1, 0.15) is 38.8 Å². The molecular formula is C16H25ClN2O. The lowest BCUT2D eigenvalue weighted by atomic mass is 9.94. The van der Waals surface area contributed by atoms with E-state index in [0.717, 1.165) is 30.2 Å². The molecule has 2 N–H and O–H groups in total. The van der Waals surface area contributed by atoms with E-state index in [4.69, 9.17) is 22.1 Å². The van der Waals surface area contributed by atoms with Gasteiger partial charge in [-0.3, -0.25) is 4.90 Å². The second kappa shape index (κ2) is 6.90. The maximum atomic E-state index is 6.42. The van der Waals surface area contributed by atoms with Crippen molar-refractivity contribution >= 4 is 11.6 Å². The topological polar surface area (TPSA) is 38.5 Å². The Morgan fingerprint density at radius 3 is 2.75 bits per heavy atom. The van der Waals surface area contributed by atoms with Crippen LogP contribution in [0, 0.1) is 0 Å². The van der Waals surface area contributed by atoms with Crippen molar-refractivity contribution in [3.8, 4) is 0 Å². The number of rotatable bonds is 4. The highest BCUT2D eigenvalue weighted by Gasteiger charge is 2.34. The summed E-state index contributed by atoms with van der Waals surface area (Å²) in [5.41, 5.74) is 7.54. The van der Waals surface area contributed by atoms with Crippen molar-refractivity contribution in [2.75, 3.05) is 13.2 Å². The minimum Gasteiger partial charge on any atom is -0.376 e. The van der Waals surface area contributed by atoms with E-state index in [2.05, 4.69) is 31.7 Å². The van der Waals surface area contributed by atoms with Gasteiger partial charge in [0.25, 0.3) is 0 Å². The number of halogens is 1. The van der Waals surface area contributed by atoms with Crippen LogP contribution >= 0.6 is 11.6 Å². The van der Waals surface area contributed by atoms with Crippen LogP contribution in [-0.2, 0) is 4.74 Å². The number of benzene rings is 1. The van der Waals surface area contributed by atoms with Gasteiger partial charge in [0.05, 0.1) is 18.8 Å². The summed E-state index contributed by atoms with van der Waals surface area (Å²) in [5.74, 6) is 0. The van der Waals surface area contributed by atoms with Crippen LogP contribution in [0.5, 0.6) is 0 Å². The van der Waals surface area contributed by atoms with E-state index in [-0.39, 0.29) is 18.2 Å². The van der Waals surface area contributed by atoms with Crippen molar-refractivity contribution in [2.45, 2.75) is 51.4 Å². The summed E-state index contributed by atoms with van der Waals surface area (Å²) in [6.07, 6.45) is 1.16. The van der Waals surface area contributed by atoms with Crippen molar-refractivity contribution in [2.24, 2.45) is 5.73 Å². The van der Waals surface area contributed by atoms with E-state index < -0.39 is 0 Å². The Morgan fingerprint density at radius 1 is 1.40 bits per heavy atom. The largest absolute Gasteiger partial charge is 0.376 e. The molecule has 0 aliphatic carbocycles. The average molecular weight is 297 g/mol. The van der Waals surface area contributed by atoms with Gasteiger partial charge in [0.15, 0.2) is 0 Å². The number of nitrogens with zero attached hydrogens (tertiary/aromatic N) is 1. The number of hydrogen-bond acceptors (Lipinski definition) is 3. The minimum absolute atomic E-state index is 0.0719. The normalized spacial score (nSPS) is 27.2. The highest BCUT2D eigenvalue weighted by Crippen LogP contribution is 2.33. The van der Waals surface area contributed by atoms with E-state index in [1.807, 2.05) is 18.2 Å². The van der Waals surface area contributed by atoms with Crippen LogP contribution < -0.4 is 5.73 Å². The predicted octanol–water partition coefficient (Wildman–Crippen LogP) is 3.23. The maximum Gasteiger partial charge on any atom is 0.0675 e. The van der Waals surface area contributed by atoms with E-state index >= 15 is 0 Å². The zero-order valence-corrected chi connectivity index (χ0v) is 13.3. The fourth-order valence-corrected chi connectivity index (χ4v) is 3.16. The van der Waals surface area contributed by atoms with Gasteiger partial charge in [-0.25, -0.2) is 0 Å². The van der Waals surface area contributed by atoms with E-state index in [0.29, 0.717) is 6.04 Å². The summed E-state index contributed by atoms with van der Waals surface area (Å²) in [6, 6.07) is 8.61. The first-order chi connectivity index (χ1) is 9.54. The summed E-state index contributed by atoms with van der Waals surface area (Å²) in [7, 11) is 0. The van der Waals surface area contributed by atoms with Gasteiger partial charge >= 0.3 is 0 Å². The smallest absolute Gasteiger partial charge is 0.0675 e. The fraction of sp³-hybridized carbons (Fsp3) is 0.625. The first-order valence-electron chi connectivity index (χ1n) is 7.42. The third-order valence-electron chi connectivity index (χ3n) is 4.11. The van der Waals surface area contributed by atoms with Crippen molar-refractivity contribution < 1.29 is 4.74 Å². The van der Waals surface area contributed by atoms with Crippen LogP contribution in [0.4, 0.5) is 0 Å². The molecule has 4 atom stereocenters. The van der Waals surface area contributed by atoms with E-state index in [1.165, 1.54) is 0 Å². The molecule has 4 heteroatoms. The lowest BCUT2D eigenvalue weighted by molar-refractivity contribution is -0.0706. The monoisotopic (exact) mass is 296 g/mol. The third kappa shape index (κ3) is 3.34. The molecule has 1 aliphatic heterocycles. The Bertz CT molecular complexity index is 440. The summed E-state index contributed by atoms with van der Waals surface area (Å²) in [6.45, 7) is 8.07. The van der Waals surface area contributed by atoms with E-state index in [1.54, 1.807) is 0 Å². The maximum absolute atomic E-state index is 6.42. The zero-order valence-electron chi connectivity index (χ0n) is 12.6. The van der Waals surface area contributed by atoms with Crippen LogP contribution in [-0.4, -0.2) is 36.2 Å². The van der Waals surface area contributed by atoms with Gasteiger partial charge in [-0.1, -0.05) is 36.7 Å². The number of hydrogen-bond donors (Lipinski definition) is 1. The van der Waals surface area contributed by atoms with Gasteiger partial charge in [-0.2, -0.15) is 0 Å². The first-order valence-corrected chi connectivity index (χ1v) is 7.79. The van der Waals surface area contributed by atoms with Crippen LogP contribution in [0.2, 0.25) is 5.02 Å². The Labute approximate surface area is 127 Å². The van der Waals surface area contributed by atoms with Crippen LogP contribution in [0.15, 0.2) is 24.3 Å². The summed E-state index contributed by atoms with van der Waals surface area (Å²) < 4.78 is 5.73. The zero-order chi connectivity index (χ0) is 14.7. The number of morpholine rings is 1. The molecule has 4 unspecified atom stereocenters. The molecule has 1 aliphatic rings. The number of ether oxygens (including phenoxy) is 1. The summed E-state index contributed by atoms with van der Waals surface area (Å²) in [4.78, 5) is 2.45. The predicted molar refractivity (Wildman–Crippen MR) is 84.0 cm³/mol.